The monoisotopic (exact) mass is 469 g/mol. The molecular formula is C25H22F3N3OS. The zero-order valence-corrected chi connectivity index (χ0v) is 18.7. The molecule has 1 saturated heterocycles. The van der Waals surface area contributed by atoms with E-state index in [2.05, 4.69) is 4.90 Å². The topological polar surface area (TPSA) is 49.6 Å². The van der Waals surface area contributed by atoms with Crippen molar-refractivity contribution in [3.63, 3.8) is 0 Å². The molecule has 0 bridgehead atoms. The maximum absolute atomic E-state index is 14.1. The van der Waals surface area contributed by atoms with Gasteiger partial charge < -0.3 is 9.80 Å². The highest BCUT2D eigenvalue weighted by Gasteiger charge is 2.40. The molecule has 2 aliphatic rings. The van der Waals surface area contributed by atoms with Gasteiger partial charge in [-0.2, -0.15) is 0 Å². The van der Waals surface area contributed by atoms with Crippen LogP contribution in [-0.4, -0.2) is 25.0 Å². The standard InChI is InChI=1S/C25H22F3N3OS/c1-14-8-16-9-22(28)24(33-29)11-23(16)31(14)25(32)17-12-30(13-17)19-5-2-15(3-6-19)20-10-18(26)4-7-21(20)27/h2-7,9-11,14,17H,8,12-13,29H2,1H3. The molecule has 5 rings (SSSR count). The first-order valence-corrected chi connectivity index (χ1v) is 11.6. The number of carbonyl (C=O) groups excluding carboxylic acids is 1. The molecule has 0 spiro atoms. The maximum atomic E-state index is 14.1. The molecule has 0 radical (unpaired) electrons. The van der Waals surface area contributed by atoms with E-state index in [1.165, 1.54) is 12.1 Å². The average molecular weight is 470 g/mol. The molecule has 33 heavy (non-hydrogen) atoms. The van der Waals surface area contributed by atoms with Gasteiger partial charge in [0.2, 0.25) is 5.91 Å². The highest BCUT2D eigenvalue weighted by molar-refractivity contribution is 7.97. The van der Waals surface area contributed by atoms with Gasteiger partial charge in [-0.1, -0.05) is 12.1 Å². The number of rotatable bonds is 4. The van der Waals surface area contributed by atoms with Gasteiger partial charge in [0.15, 0.2) is 0 Å². The zero-order chi connectivity index (χ0) is 23.3. The molecule has 3 aromatic carbocycles. The Bertz CT molecular complexity index is 1230. The number of hydrogen-bond donors (Lipinski definition) is 1. The number of halogens is 3. The summed E-state index contributed by atoms with van der Waals surface area (Å²) in [6.07, 6.45) is 0.613. The van der Waals surface area contributed by atoms with Crippen LogP contribution in [0.4, 0.5) is 24.5 Å². The highest BCUT2D eigenvalue weighted by Crippen LogP contribution is 2.38. The molecule has 0 saturated carbocycles. The smallest absolute Gasteiger partial charge is 0.233 e. The molecule has 8 heteroatoms. The Labute approximate surface area is 194 Å². The van der Waals surface area contributed by atoms with Crippen LogP contribution >= 0.6 is 11.9 Å². The second kappa shape index (κ2) is 8.43. The van der Waals surface area contributed by atoms with Crippen molar-refractivity contribution in [3.8, 4) is 11.1 Å². The van der Waals surface area contributed by atoms with Crippen molar-refractivity contribution in [2.75, 3.05) is 22.9 Å². The van der Waals surface area contributed by atoms with Crippen LogP contribution in [0.5, 0.6) is 0 Å². The van der Waals surface area contributed by atoms with Gasteiger partial charge in [0, 0.05) is 36.1 Å². The lowest BCUT2D eigenvalue weighted by molar-refractivity contribution is -0.123. The third kappa shape index (κ3) is 3.87. The van der Waals surface area contributed by atoms with Crippen molar-refractivity contribution in [2.45, 2.75) is 24.3 Å². The molecule has 1 amide bonds. The van der Waals surface area contributed by atoms with E-state index in [4.69, 9.17) is 5.14 Å². The van der Waals surface area contributed by atoms with E-state index in [-0.39, 0.29) is 29.2 Å². The van der Waals surface area contributed by atoms with E-state index in [1.54, 1.807) is 23.1 Å². The molecule has 1 unspecified atom stereocenters. The van der Waals surface area contributed by atoms with Crippen molar-refractivity contribution in [3.05, 3.63) is 77.6 Å². The summed E-state index contributed by atoms with van der Waals surface area (Å²) in [5.74, 6) is -1.47. The summed E-state index contributed by atoms with van der Waals surface area (Å²) < 4.78 is 41.6. The van der Waals surface area contributed by atoms with Crippen LogP contribution in [0.2, 0.25) is 0 Å². The third-order valence-electron chi connectivity index (χ3n) is 6.42. The Morgan fingerprint density at radius 2 is 1.73 bits per heavy atom. The second-order valence-electron chi connectivity index (χ2n) is 8.56. The summed E-state index contributed by atoms with van der Waals surface area (Å²) in [5.41, 5.74) is 3.28. The number of anilines is 2. The van der Waals surface area contributed by atoms with Crippen molar-refractivity contribution >= 4 is 29.2 Å². The van der Waals surface area contributed by atoms with Crippen LogP contribution in [0.25, 0.3) is 11.1 Å². The molecule has 1 fully saturated rings. The lowest BCUT2D eigenvalue weighted by Gasteiger charge is -2.42. The first-order chi connectivity index (χ1) is 15.9. The lowest BCUT2D eigenvalue weighted by atomic mass is 9.96. The van der Waals surface area contributed by atoms with Gasteiger partial charge in [-0.15, -0.1) is 0 Å². The highest BCUT2D eigenvalue weighted by atomic mass is 32.2. The average Bonchev–Trinajstić information content (AvgIpc) is 3.08. The minimum atomic E-state index is -0.489. The first kappa shape index (κ1) is 21.9. The molecule has 2 aliphatic heterocycles. The predicted octanol–water partition coefficient (Wildman–Crippen LogP) is 5.15. The van der Waals surface area contributed by atoms with Crippen molar-refractivity contribution in [1.82, 2.24) is 0 Å². The minimum Gasteiger partial charge on any atom is -0.370 e. The van der Waals surface area contributed by atoms with Crippen molar-refractivity contribution in [1.29, 1.82) is 0 Å². The number of carbonyl (C=O) groups is 1. The Morgan fingerprint density at radius 3 is 2.42 bits per heavy atom. The van der Waals surface area contributed by atoms with Crippen LogP contribution in [0.1, 0.15) is 12.5 Å². The number of nitrogens with two attached hydrogens (primary N) is 1. The molecular weight excluding hydrogens is 447 g/mol. The summed E-state index contributed by atoms with van der Waals surface area (Å²) in [5, 5.41) is 5.57. The van der Waals surface area contributed by atoms with E-state index < -0.39 is 11.6 Å². The van der Waals surface area contributed by atoms with Gasteiger partial charge in [0.05, 0.1) is 10.8 Å². The van der Waals surface area contributed by atoms with E-state index >= 15 is 0 Å². The molecule has 1 atom stereocenters. The second-order valence-corrected chi connectivity index (χ2v) is 9.24. The Hall–Kier alpha value is -2.97. The molecule has 0 aliphatic carbocycles. The number of benzene rings is 3. The summed E-state index contributed by atoms with van der Waals surface area (Å²) in [6, 6.07) is 13.7. The summed E-state index contributed by atoms with van der Waals surface area (Å²) in [4.78, 5) is 17.4. The molecule has 2 heterocycles. The number of nitrogens with zero attached hydrogens (tertiary/aromatic N) is 2. The molecule has 0 aromatic heterocycles. The maximum Gasteiger partial charge on any atom is 0.233 e. The predicted molar refractivity (Wildman–Crippen MR) is 125 cm³/mol. The van der Waals surface area contributed by atoms with Crippen LogP contribution < -0.4 is 14.9 Å². The summed E-state index contributed by atoms with van der Waals surface area (Å²) >= 11 is 0.838. The largest absolute Gasteiger partial charge is 0.370 e. The quantitative estimate of drug-likeness (QED) is 0.537. The Morgan fingerprint density at radius 1 is 1.00 bits per heavy atom. The molecule has 2 N–H and O–H groups in total. The minimum absolute atomic E-state index is 0.0236. The first-order valence-electron chi connectivity index (χ1n) is 10.7. The van der Waals surface area contributed by atoms with Crippen LogP contribution in [0.3, 0.4) is 0 Å². The van der Waals surface area contributed by atoms with Gasteiger partial charge in [0.1, 0.15) is 17.5 Å². The SMILES string of the molecule is CC1Cc2cc(F)c(SN)cc2N1C(=O)C1CN(c2ccc(-c3cc(F)ccc3F)cc2)C1. The fourth-order valence-corrected chi connectivity index (χ4v) is 5.01. The normalized spacial score (nSPS) is 17.8. The molecule has 4 nitrogen and oxygen atoms in total. The Kier molecular flexibility index (Phi) is 5.58. The van der Waals surface area contributed by atoms with E-state index in [9.17, 15) is 18.0 Å². The van der Waals surface area contributed by atoms with Crippen molar-refractivity contribution < 1.29 is 18.0 Å². The zero-order valence-electron chi connectivity index (χ0n) is 17.9. The summed E-state index contributed by atoms with van der Waals surface area (Å²) in [6.45, 7) is 3.08. The molecule has 170 valence electrons. The fourth-order valence-electron chi connectivity index (χ4n) is 4.66. The van der Waals surface area contributed by atoms with Crippen LogP contribution in [0, 0.1) is 23.4 Å². The number of amides is 1. The van der Waals surface area contributed by atoms with Gasteiger partial charge in [-0.05, 0) is 78.9 Å². The van der Waals surface area contributed by atoms with Gasteiger partial charge in [-0.3, -0.25) is 9.93 Å². The van der Waals surface area contributed by atoms with Gasteiger partial charge in [-0.25, -0.2) is 13.2 Å². The number of fused-ring (bicyclic) bond motifs is 1. The van der Waals surface area contributed by atoms with Crippen molar-refractivity contribution in [2.24, 2.45) is 11.1 Å². The van der Waals surface area contributed by atoms with Crippen LogP contribution in [0.15, 0.2) is 59.5 Å². The Balaban J connectivity index is 1.28. The van der Waals surface area contributed by atoms with Crippen LogP contribution in [-0.2, 0) is 11.2 Å². The van der Waals surface area contributed by atoms with E-state index in [0.29, 0.717) is 30.0 Å². The van der Waals surface area contributed by atoms with E-state index in [0.717, 1.165) is 41.0 Å². The van der Waals surface area contributed by atoms with Gasteiger partial charge in [0.25, 0.3) is 0 Å². The van der Waals surface area contributed by atoms with Gasteiger partial charge >= 0.3 is 0 Å². The lowest BCUT2D eigenvalue weighted by Crippen LogP contribution is -2.55. The molecule has 3 aromatic rings. The number of hydrogen-bond acceptors (Lipinski definition) is 4. The fraction of sp³-hybridized carbons (Fsp3) is 0.240. The summed E-state index contributed by atoms with van der Waals surface area (Å²) in [7, 11) is 0. The third-order valence-corrected chi connectivity index (χ3v) is 6.98. The van der Waals surface area contributed by atoms with E-state index in [1.807, 2.05) is 19.1 Å².